The summed E-state index contributed by atoms with van der Waals surface area (Å²) in [7, 11) is 0. The first-order valence-electron chi connectivity index (χ1n) is 9.70. The molecule has 0 heterocycles. The highest BCUT2D eigenvalue weighted by Crippen LogP contribution is 2.26. The van der Waals surface area contributed by atoms with Gasteiger partial charge in [0.1, 0.15) is 0 Å². The molecule has 0 spiro atoms. The molecule has 33 heavy (non-hydrogen) atoms. The molecule has 4 nitrogen and oxygen atoms in total. The highest BCUT2D eigenvalue weighted by molar-refractivity contribution is 6.42. The third-order valence-corrected chi connectivity index (χ3v) is 5.91. The van der Waals surface area contributed by atoms with E-state index in [1.165, 1.54) is 12.2 Å². The van der Waals surface area contributed by atoms with E-state index in [1.807, 2.05) is 13.0 Å². The van der Waals surface area contributed by atoms with Gasteiger partial charge in [0.2, 0.25) is 11.8 Å². The summed E-state index contributed by atoms with van der Waals surface area (Å²) in [5.74, 6) is -0.736. The minimum Gasteiger partial charge on any atom is -0.321 e. The van der Waals surface area contributed by atoms with Gasteiger partial charge in [0.05, 0.1) is 31.5 Å². The molecular weight excluding hydrogens is 502 g/mol. The fourth-order valence-electron chi connectivity index (χ4n) is 2.80. The van der Waals surface area contributed by atoms with Gasteiger partial charge in [-0.05, 0) is 72.2 Å². The second-order valence-electron chi connectivity index (χ2n) is 7.04. The maximum atomic E-state index is 12.5. The molecule has 2 N–H and O–H groups in total. The highest BCUT2D eigenvalue weighted by atomic mass is 35.5. The summed E-state index contributed by atoms with van der Waals surface area (Å²) in [6.45, 7) is 1.89. The van der Waals surface area contributed by atoms with Gasteiger partial charge in [-0.1, -0.05) is 64.6 Å². The van der Waals surface area contributed by atoms with E-state index in [9.17, 15) is 9.59 Å². The van der Waals surface area contributed by atoms with Crippen molar-refractivity contribution in [3.8, 4) is 0 Å². The third-order valence-electron chi connectivity index (χ3n) is 4.43. The maximum Gasteiger partial charge on any atom is 0.248 e. The van der Waals surface area contributed by atoms with Crippen molar-refractivity contribution < 1.29 is 9.59 Å². The van der Waals surface area contributed by atoms with Crippen LogP contribution in [0.1, 0.15) is 16.7 Å². The number of benzene rings is 3. The normalized spacial score (nSPS) is 11.2. The van der Waals surface area contributed by atoms with Gasteiger partial charge >= 0.3 is 0 Å². The molecule has 0 aliphatic carbocycles. The van der Waals surface area contributed by atoms with E-state index in [0.717, 1.165) is 16.7 Å². The quantitative estimate of drug-likeness (QED) is 0.325. The molecule has 0 saturated carbocycles. The van der Waals surface area contributed by atoms with Crippen molar-refractivity contribution in [1.29, 1.82) is 0 Å². The van der Waals surface area contributed by atoms with Crippen LogP contribution in [-0.2, 0) is 9.59 Å². The molecular formula is C25H18Cl4N2O2. The number of hydrogen-bond acceptors (Lipinski definition) is 2. The Labute approximate surface area is 211 Å². The molecule has 0 radical (unpaired) electrons. The molecule has 0 fully saturated rings. The molecule has 0 aliphatic heterocycles. The van der Waals surface area contributed by atoms with E-state index in [-0.39, 0.29) is 11.8 Å². The minimum atomic E-state index is -0.369. The monoisotopic (exact) mass is 518 g/mol. The van der Waals surface area contributed by atoms with Gasteiger partial charge in [-0.15, -0.1) is 0 Å². The fraction of sp³-hybridized carbons (Fsp3) is 0.0400. The van der Waals surface area contributed by atoms with E-state index >= 15 is 0 Å². The van der Waals surface area contributed by atoms with Gasteiger partial charge < -0.3 is 10.6 Å². The van der Waals surface area contributed by atoms with Crippen LogP contribution in [0.2, 0.25) is 20.1 Å². The minimum absolute atomic E-state index is 0.367. The molecule has 3 aromatic carbocycles. The first-order valence-corrected chi connectivity index (χ1v) is 11.2. The Morgan fingerprint density at radius 2 is 1.12 bits per heavy atom. The molecule has 0 aliphatic rings. The van der Waals surface area contributed by atoms with Gasteiger partial charge in [0.15, 0.2) is 0 Å². The second-order valence-corrected chi connectivity index (χ2v) is 8.67. The van der Waals surface area contributed by atoms with Crippen LogP contribution >= 0.6 is 46.4 Å². The Balaban J connectivity index is 1.70. The predicted octanol–water partition coefficient (Wildman–Crippen LogP) is 7.91. The summed E-state index contributed by atoms with van der Waals surface area (Å²) >= 11 is 23.8. The average molecular weight is 520 g/mol. The Kier molecular flexibility index (Phi) is 8.59. The predicted molar refractivity (Wildman–Crippen MR) is 139 cm³/mol. The Morgan fingerprint density at radius 3 is 1.61 bits per heavy atom. The lowest BCUT2D eigenvalue weighted by molar-refractivity contribution is -0.112. The average Bonchev–Trinajstić information content (AvgIpc) is 2.77. The van der Waals surface area contributed by atoms with Crippen molar-refractivity contribution >= 4 is 81.7 Å². The van der Waals surface area contributed by atoms with Crippen molar-refractivity contribution in [2.75, 3.05) is 10.6 Å². The molecule has 0 unspecified atom stereocenters. The summed E-state index contributed by atoms with van der Waals surface area (Å²) in [6, 6.07) is 15.4. The van der Waals surface area contributed by atoms with Crippen molar-refractivity contribution in [1.82, 2.24) is 0 Å². The number of carbonyl (C=O) groups is 2. The number of rotatable bonds is 6. The van der Waals surface area contributed by atoms with Crippen LogP contribution in [0.25, 0.3) is 12.2 Å². The van der Waals surface area contributed by atoms with E-state index in [1.54, 1.807) is 60.7 Å². The molecule has 3 rings (SSSR count). The maximum absolute atomic E-state index is 12.5. The SMILES string of the molecule is Cc1ccc(NC(=O)C=Cc2ccc(Cl)c(Cl)c2)c(NC(=O)C=Cc2ccc(Cl)c(Cl)c2)c1. The Morgan fingerprint density at radius 1 is 0.636 bits per heavy atom. The number of aryl methyl sites for hydroxylation is 1. The van der Waals surface area contributed by atoms with Crippen LogP contribution < -0.4 is 10.6 Å². The summed E-state index contributed by atoms with van der Waals surface area (Å²) < 4.78 is 0. The smallest absolute Gasteiger partial charge is 0.248 e. The first-order chi connectivity index (χ1) is 15.7. The van der Waals surface area contributed by atoms with Crippen molar-refractivity contribution in [3.63, 3.8) is 0 Å². The van der Waals surface area contributed by atoms with Gasteiger partial charge in [0.25, 0.3) is 0 Å². The number of amides is 2. The van der Waals surface area contributed by atoms with Gasteiger partial charge in [-0.3, -0.25) is 9.59 Å². The van der Waals surface area contributed by atoms with Gasteiger partial charge in [-0.2, -0.15) is 0 Å². The third kappa shape index (κ3) is 7.37. The molecule has 168 valence electrons. The Hall–Kier alpha value is -2.76. The highest BCUT2D eigenvalue weighted by Gasteiger charge is 2.08. The first kappa shape index (κ1) is 24.9. The van der Waals surface area contributed by atoms with Crippen molar-refractivity contribution in [2.45, 2.75) is 6.92 Å². The zero-order valence-electron chi connectivity index (χ0n) is 17.3. The molecule has 0 bridgehead atoms. The Bertz CT molecular complexity index is 1270. The summed E-state index contributed by atoms with van der Waals surface area (Å²) in [4.78, 5) is 24.9. The zero-order chi connectivity index (χ0) is 24.0. The van der Waals surface area contributed by atoms with Crippen LogP contribution in [0, 0.1) is 6.92 Å². The van der Waals surface area contributed by atoms with Crippen LogP contribution in [-0.4, -0.2) is 11.8 Å². The molecule has 0 aromatic heterocycles. The lowest BCUT2D eigenvalue weighted by atomic mass is 10.1. The van der Waals surface area contributed by atoms with Crippen LogP contribution in [0.4, 0.5) is 11.4 Å². The second kappa shape index (κ2) is 11.4. The van der Waals surface area contributed by atoms with Crippen LogP contribution in [0.3, 0.4) is 0 Å². The lowest BCUT2D eigenvalue weighted by Gasteiger charge is -2.11. The summed E-state index contributed by atoms with van der Waals surface area (Å²) in [6.07, 6.45) is 5.97. The number of nitrogens with one attached hydrogen (secondary N) is 2. The van der Waals surface area contributed by atoms with Crippen LogP contribution in [0.5, 0.6) is 0 Å². The summed E-state index contributed by atoms with van der Waals surface area (Å²) in [5.41, 5.74) is 3.30. The molecule has 3 aromatic rings. The van der Waals surface area contributed by atoms with Gasteiger partial charge in [-0.25, -0.2) is 0 Å². The van der Waals surface area contributed by atoms with E-state index in [0.29, 0.717) is 31.5 Å². The van der Waals surface area contributed by atoms with E-state index in [4.69, 9.17) is 46.4 Å². The standard InChI is InChI=1S/C25H18Cl4N2O2/c1-15-2-9-22(30-24(32)10-5-16-3-7-18(26)20(28)13-16)23(12-15)31-25(33)11-6-17-4-8-19(27)21(29)14-17/h2-14H,1H3,(H,30,32)(H,31,33). The molecule has 2 amide bonds. The largest absolute Gasteiger partial charge is 0.321 e. The van der Waals surface area contributed by atoms with Crippen molar-refractivity contribution in [3.05, 3.63) is 104 Å². The summed E-state index contributed by atoms with van der Waals surface area (Å²) in [5, 5.41) is 7.23. The number of hydrogen-bond donors (Lipinski definition) is 2. The van der Waals surface area contributed by atoms with Crippen LogP contribution in [0.15, 0.2) is 66.7 Å². The van der Waals surface area contributed by atoms with E-state index < -0.39 is 0 Å². The molecule has 0 atom stereocenters. The fourth-order valence-corrected chi connectivity index (χ4v) is 3.41. The zero-order valence-corrected chi connectivity index (χ0v) is 20.4. The number of halogens is 4. The molecule has 0 saturated heterocycles. The van der Waals surface area contributed by atoms with Gasteiger partial charge in [0, 0.05) is 12.2 Å². The number of carbonyl (C=O) groups excluding carboxylic acids is 2. The van der Waals surface area contributed by atoms with E-state index in [2.05, 4.69) is 10.6 Å². The lowest BCUT2D eigenvalue weighted by Crippen LogP contribution is -2.13. The topological polar surface area (TPSA) is 58.2 Å². The molecule has 8 heteroatoms. The van der Waals surface area contributed by atoms with Crippen molar-refractivity contribution in [2.24, 2.45) is 0 Å². The number of anilines is 2.